The zero-order valence-corrected chi connectivity index (χ0v) is 8.20. The molecule has 1 aromatic heterocycles. The largest absolute Gasteiger partial charge is 0.407 e. The Hall–Kier alpha value is -1.62. The van der Waals surface area contributed by atoms with E-state index < -0.39 is 12.2 Å². The summed E-state index contributed by atoms with van der Waals surface area (Å²) in [6, 6.07) is 4.22. The Morgan fingerprint density at radius 2 is 1.94 bits per heavy atom. The summed E-state index contributed by atoms with van der Waals surface area (Å²) in [4.78, 5) is 3.85. The standard InChI is InChI=1S/C11H9F3N2/c12-11(13,14)10(15)9-3-1-2-7-6-16-5-4-8(7)9/h1-6,10H,15H2. The van der Waals surface area contributed by atoms with Crippen LogP contribution in [-0.2, 0) is 0 Å². The fraction of sp³-hybridized carbons (Fsp3) is 0.182. The lowest BCUT2D eigenvalue weighted by Crippen LogP contribution is -2.28. The van der Waals surface area contributed by atoms with E-state index in [1.807, 2.05) is 0 Å². The second-order valence-corrected chi connectivity index (χ2v) is 3.46. The summed E-state index contributed by atoms with van der Waals surface area (Å²) in [7, 11) is 0. The van der Waals surface area contributed by atoms with Crippen LogP contribution in [0.2, 0.25) is 0 Å². The molecule has 0 aliphatic carbocycles. The minimum Gasteiger partial charge on any atom is -0.316 e. The molecule has 0 spiro atoms. The van der Waals surface area contributed by atoms with Gasteiger partial charge in [-0.25, -0.2) is 0 Å². The number of fused-ring (bicyclic) bond motifs is 1. The maximum atomic E-state index is 12.5. The van der Waals surface area contributed by atoms with Crippen LogP contribution in [0.15, 0.2) is 36.7 Å². The number of aromatic nitrogens is 1. The summed E-state index contributed by atoms with van der Waals surface area (Å²) < 4.78 is 37.6. The van der Waals surface area contributed by atoms with Gasteiger partial charge >= 0.3 is 6.18 Å². The Labute approximate surface area is 89.9 Å². The van der Waals surface area contributed by atoms with Gasteiger partial charge in [0.05, 0.1) is 0 Å². The van der Waals surface area contributed by atoms with Crippen LogP contribution < -0.4 is 5.73 Å². The van der Waals surface area contributed by atoms with Gasteiger partial charge in [-0.15, -0.1) is 0 Å². The third-order valence-corrected chi connectivity index (χ3v) is 2.40. The van der Waals surface area contributed by atoms with Gasteiger partial charge in [0.1, 0.15) is 6.04 Å². The minimum absolute atomic E-state index is 0.0763. The van der Waals surface area contributed by atoms with E-state index in [1.54, 1.807) is 12.1 Å². The van der Waals surface area contributed by atoms with Crippen molar-refractivity contribution in [3.05, 3.63) is 42.2 Å². The van der Waals surface area contributed by atoms with E-state index in [0.29, 0.717) is 10.8 Å². The number of rotatable bonds is 1. The normalized spacial score (nSPS) is 14.0. The topological polar surface area (TPSA) is 38.9 Å². The number of nitrogens with two attached hydrogens (primary N) is 1. The lowest BCUT2D eigenvalue weighted by atomic mass is 10.0. The highest BCUT2D eigenvalue weighted by Crippen LogP contribution is 2.33. The molecule has 0 aliphatic rings. The van der Waals surface area contributed by atoms with E-state index in [9.17, 15) is 13.2 Å². The predicted molar refractivity (Wildman–Crippen MR) is 54.7 cm³/mol. The van der Waals surface area contributed by atoms with Gasteiger partial charge in [0.15, 0.2) is 0 Å². The van der Waals surface area contributed by atoms with Crippen LogP contribution in [0.1, 0.15) is 11.6 Å². The van der Waals surface area contributed by atoms with Gasteiger partial charge in [-0.1, -0.05) is 18.2 Å². The maximum Gasteiger partial charge on any atom is 0.407 e. The third kappa shape index (κ3) is 1.86. The molecule has 0 aliphatic heterocycles. The van der Waals surface area contributed by atoms with E-state index in [4.69, 9.17) is 5.73 Å². The van der Waals surface area contributed by atoms with Gasteiger partial charge in [-0.2, -0.15) is 13.2 Å². The van der Waals surface area contributed by atoms with E-state index in [0.717, 1.165) is 0 Å². The number of halogens is 3. The smallest absolute Gasteiger partial charge is 0.316 e. The maximum absolute atomic E-state index is 12.5. The number of nitrogens with zero attached hydrogens (tertiary/aromatic N) is 1. The van der Waals surface area contributed by atoms with Crippen molar-refractivity contribution < 1.29 is 13.2 Å². The summed E-state index contributed by atoms with van der Waals surface area (Å²) in [5.41, 5.74) is 5.27. The quantitative estimate of drug-likeness (QED) is 0.812. The van der Waals surface area contributed by atoms with Gasteiger partial charge in [0.25, 0.3) is 0 Å². The van der Waals surface area contributed by atoms with Crippen LogP contribution in [0.3, 0.4) is 0 Å². The van der Waals surface area contributed by atoms with Crippen LogP contribution in [0.5, 0.6) is 0 Å². The molecule has 0 fully saturated rings. The molecule has 2 nitrogen and oxygen atoms in total. The number of pyridine rings is 1. The number of alkyl halides is 3. The molecule has 16 heavy (non-hydrogen) atoms. The third-order valence-electron chi connectivity index (χ3n) is 2.40. The molecular formula is C11H9F3N2. The molecule has 2 aromatic rings. The molecule has 84 valence electrons. The van der Waals surface area contributed by atoms with Crippen molar-refractivity contribution in [2.75, 3.05) is 0 Å². The van der Waals surface area contributed by atoms with Crippen LogP contribution in [0.4, 0.5) is 13.2 Å². The highest BCUT2D eigenvalue weighted by molar-refractivity contribution is 5.85. The Kier molecular flexibility index (Phi) is 2.55. The summed E-state index contributed by atoms with van der Waals surface area (Å²) in [5, 5.41) is 1.14. The fourth-order valence-corrected chi connectivity index (χ4v) is 1.60. The van der Waals surface area contributed by atoms with Crippen LogP contribution in [0.25, 0.3) is 10.8 Å². The van der Waals surface area contributed by atoms with Crippen LogP contribution in [0, 0.1) is 0 Å². The van der Waals surface area contributed by atoms with Gasteiger partial charge in [0.2, 0.25) is 0 Å². The monoisotopic (exact) mass is 226 g/mol. The molecule has 0 radical (unpaired) electrons. The molecule has 5 heteroatoms. The molecule has 1 unspecified atom stereocenters. The van der Waals surface area contributed by atoms with Gasteiger partial charge < -0.3 is 5.73 Å². The average molecular weight is 226 g/mol. The predicted octanol–water partition coefficient (Wildman–Crippen LogP) is 2.80. The van der Waals surface area contributed by atoms with Crippen molar-refractivity contribution in [1.82, 2.24) is 4.98 Å². The Bertz CT molecular complexity index is 503. The summed E-state index contributed by atoms with van der Waals surface area (Å²) in [5.74, 6) is 0. The number of benzene rings is 1. The van der Waals surface area contributed by atoms with E-state index >= 15 is 0 Å². The molecule has 2 N–H and O–H groups in total. The van der Waals surface area contributed by atoms with E-state index in [1.165, 1.54) is 24.5 Å². The molecule has 1 heterocycles. The highest BCUT2D eigenvalue weighted by atomic mass is 19.4. The van der Waals surface area contributed by atoms with Crippen molar-refractivity contribution in [2.24, 2.45) is 5.73 Å². The summed E-state index contributed by atoms with van der Waals surface area (Å²) in [6.45, 7) is 0. The molecule has 1 aromatic carbocycles. The van der Waals surface area contributed by atoms with Gasteiger partial charge in [-0.05, 0) is 17.0 Å². The van der Waals surface area contributed by atoms with Crippen molar-refractivity contribution in [2.45, 2.75) is 12.2 Å². The average Bonchev–Trinajstić information content (AvgIpc) is 2.26. The second-order valence-electron chi connectivity index (χ2n) is 3.46. The zero-order valence-electron chi connectivity index (χ0n) is 8.20. The van der Waals surface area contributed by atoms with E-state index in [-0.39, 0.29) is 5.56 Å². The lowest BCUT2D eigenvalue weighted by molar-refractivity contribution is -0.148. The van der Waals surface area contributed by atoms with Gasteiger partial charge in [-0.3, -0.25) is 4.98 Å². The first-order chi connectivity index (χ1) is 7.50. The zero-order chi connectivity index (χ0) is 11.8. The summed E-state index contributed by atoms with van der Waals surface area (Å²) >= 11 is 0. The molecule has 0 saturated carbocycles. The molecule has 2 rings (SSSR count). The molecule has 0 bridgehead atoms. The van der Waals surface area contributed by atoms with Crippen molar-refractivity contribution in [3.8, 4) is 0 Å². The highest BCUT2D eigenvalue weighted by Gasteiger charge is 2.38. The Morgan fingerprint density at radius 1 is 1.19 bits per heavy atom. The van der Waals surface area contributed by atoms with Crippen molar-refractivity contribution in [3.63, 3.8) is 0 Å². The van der Waals surface area contributed by atoms with Gasteiger partial charge in [0, 0.05) is 17.8 Å². The van der Waals surface area contributed by atoms with Crippen LogP contribution >= 0.6 is 0 Å². The Balaban J connectivity index is 2.61. The minimum atomic E-state index is -4.43. The molecule has 0 amide bonds. The first kappa shape index (κ1) is 10.9. The van der Waals surface area contributed by atoms with Crippen molar-refractivity contribution in [1.29, 1.82) is 0 Å². The lowest BCUT2D eigenvalue weighted by Gasteiger charge is -2.17. The molecular weight excluding hydrogens is 217 g/mol. The van der Waals surface area contributed by atoms with E-state index in [2.05, 4.69) is 4.98 Å². The van der Waals surface area contributed by atoms with Crippen molar-refractivity contribution >= 4 is 10.8 Å². The Morgan fingerprint density at radius 3 is 2.62 bits per heavy atom. The fourth-order valence-electron chi connectivity index (χ4n) is 1.60. The first-order valence-corrected chi connectivity index (χ1v) is 4.65. The second kappa shape index (κ2) is 3.75. The SMILES string of the molecule is NC(c1cccc2cnccc12)C(F)(F)F. The summed E-state index contributed by atoms with van der Waals surface area (Å²) in [6.07, 6.45) is -1.46. The molecule has 0 saturated heterocycles. The van der Waals surface area contributed by atoms with Crippen LogP contribution in [-0.4, -0.2) is 11.2 Å². The number of hydrogen-bond acceptors (Lipinski definition) is 2. The molecule has 1 atom stereocenters. The number of hydrogen-bond donors (Lipinski definition) is 1. The first-order valence-electron chi connectivity index (χ1n) is 4.65.